The molecule has 0 amide bonds. The zero-order chi connectivity index (χ0) is 9.35. The lowest BCUT2D eigenvalue weighted by atomic mass is 10.3. The predicted octanol–water partition coefficient (Wildman–Crippen LogP) is 0.252. The van der Waals surface area contributed by atoms with Crippen LogP contribution in [0.4, 0.5) is 0 Å². The molecule has 0 aromatic rings. The Kier molecular flexibility index (Phi) is 2.23. The van der Waals surface area contributed by atoms with E-state index >= 15 is 0 Å². The van der Waals surface area contributed by atoms with Gasteiger partial charge in [-0.05, 0) is 13.8 Å². The zero-order valence-electron chi connectivity index (χ0n) is 6.96. The second kappa shape index (κ2) is 2.90. The van der Waals surface area contributed by atoms with Crippen LogP contribution in [0.15, 0.2) is 10.7 Å². The highest BCUT2D eigenvalue weighted by Crippen LogP contribution is 2.19. The van der Waals surface area contributed by atoms with Crippen LogP contribution in [0.5, 0.6) is 0 Å². The lowest BCUT2D eigenvalue weighted by molar-refractivity contribution is -0.113. The van der Waals surface area contributed by atoms with Crippen LogP contribution in [0.25, 0.3) is 0 Å². The number of hydrogen-bond donors (Lipinski definition) is 0. The number of sulfone groups is 1. The highest BCUT2D eigenvalue weighted by Gasteiger charge is 2.29. The molecule has 0 radical (unpaired) electrons. The summed E-state index contributed by atoms with van der Waals surface area (Å²) in [7, 11) is -3.37. The summed E-state index contributed by atoms with van der Waals surface area (Å²) in [5.74, 6) is -0.333. The molecule has 0 N–H and O–H groups in total. The van der Waals surface area contributed by atoms with Gasteiger partial charge in [0.15, 0.2) is 15.6 Å². The molecular weight excluding hydrogens is 180 g/mol. The molecule has 0 unspecified atom stereocenters. The van der Waals surface area contributed by atoms with Crippen LogP contribution >= 0.6 is 0 Å². The second-order valence-corrected chi connectivity index (χ2v) is 4.65. The van der Waals surface area contributed by atoms with Crippen molar-refractivity contribution in [3.05, 3.63) is 10.7 Å². The van der Waals surface area contributed by atoms with Gasteiger partial charge in [-0.25, -0.2) is 8.42 Å². The molecule has 68 valence electrons. The van der Waals surface area contributed by atoms with Gasteiger partial charge in [-0.2, -0.15) is 0 Å². The fourth-order valence-electron chi connectivity index (χ4n) is 1.16. The first kappa shape index (κ1) is 9.25. The summed E-state index contributed by atoms with van der Waals surface area (Å²) in [5.41, 5.74) is 0. The molecule has 0 saturated heterocycles. The van der Waals surface area contributed by atoms with Crippen molar-refractivity contribution in [1.29, 1.82) is 0 Å². The SMILES string of the molecule is CC(=O)C1=C(C)OCCS1(=O)=O. The quantitative estimate of drug-likeness (QED) is 0.594. The largest absolute Gasteiger partial charge is 0.496 e. The molecule has 0 spiro atoms. The molecule has 0 bridgehead atoms. The minimum absolute atomic E-state index is 0.0980. The summed E-state index contributed by atoms with van der Waals surface area (Å²) in [6, 6.07) is 0. The number of Topliss-reactive ketones (excluding diaryl/α,β-unsaturated/α-hetero) is 1. The minimum atomic E-state index is -3.37. The van der Waals surface area contributed by atoms with Gasteiger partial charge in [0, 0.05) is 0 Å². The third-order valence-electron chi connectivity index (χ3n) is 1.62. The lowest BCUT2D eigenvalue weighted by Crippen LogP contribution is -2.24. The average molecular weight is 190 g/mol. The van der Waals surface area contributed by atoms with Gasteiger partial charge in [0.05, 0.1) is 5.75 Å². The Hall–Kier alpha value is -0.840. The number of ether oxygens (including phenoxy) is 1. The van der Waals surface area contributed by atoms with Crippen LogP contribution in [-0.4, -0.2) is 26.6 Å². The third-order valence-corrected chi connectivity index (χ3v) is 3.52. The smallest absolute Gasteiger partial charge is 0.188 e. The van der Waals surface area contributed by atoms with Gasteiger partial charge in [0.2, 0.25) is 0 Å². The van der Waals surface area contributed by atoms with Gasteiger partial charge in [-0.3, -0.25) is 4.79 Å². The highest BCUT2D eigenvalue weighted by molar-refractivity contribution is 7.96. The van der Waals surface area contributed by atoms with Crippen LogP contribution in [0, 0.1) is 0 Å². The average Bonchev–Trinajstić information content (AvgIpc) is 1.82. The molecule has 4 nitrogen and oxygen atoms in total. The van der Waals surface area contributed by atoms with Gasteiger partial charge < -0.3 is 4.74 Å². The van der Waals surface area contributed by atoms with Gasteiger partial charge >= 0.3 is 0 Å². The van der Waals surface area contributed by atoms with Crippen molar-refractivity contribution >= 4 is 15.6 Å². The van der Waals surface area contributed by atoms with Gasteiger partial charge in [0.1, 0.15) is 17.3 Å². The molecule has 1 aliphatic rings. The summed E-state index contributed by atoms with van der Waals surface area (Å²) < 4.78 is 27.5. The number of hydrogen-bond acceptors (Lipinski definition) is 4. The summed E-state index contributed by atoms with van der Waals surface area (Å²) >= 11 is 0. The minimum Gasteiger partial charge on any atom is -0.496 e. The van der Waals surface area contributed by atoms with E-state index in [-0.39, 0.29) is 23.0 Å². The number of allylic oxidation sites excluding steroid dienone is 2. The van der Waals surface area contributed by atoms with Crippen LogP contribution in [-0.2, 0) is 19.4 Å². The Balaban J connectivity index is 3.28. The van der Waals surface area contributed by atoms with E-state index in [0.29, 0.717) is 0 Å². The number of rotatable bonds is 1. The van der Waals surface area contributed by atoms with Crippen molar-refractivity contribution in [2.24, 2.45) is 0 Å². The highest BCUT2D eigenvalue weighted by atomic mass is 32.2. The summed E-state index contributed by atoms with van der Waals surface area (Å²) in [6.07, 6.45) is 0. The maximum atomic E-state index is 11.3. The lowest BCUT2D eigenvalue weighted by Gasteiger charge is -2.16. The zero-order valence-corrected chi connectivity index (χ0v) is 7.77. The van der Waals surface area contributed by atoms with E-state index in [1.807, 2.05) is 0 Å². The molecule has 0 aromatic heterocycles. The molecule has 0 aliphatic carbocycles. The third kappa shape index (κ3) is 1.50. The van der Waals surface area contributed by atoms with Crippen LogP contribution in [0.2, 0.25) is 0 Å². The fraction of sp³-hybridized carbons (Fsp3) is 0.571. The van der Waals surface area contributed by atoms with Crippen molar-refractivity contribution in [3.8, 4) is 0 Å². The summed E-state index contributed by atoms with van der Waals surface area (Å²) in [5, 5.41) is 0. The van der Waals surface area contributed by atoms with Crippen molar-refractivity contribution in [2.45, 2.75) is 13.8 Å². The Morgan fingerprint density at radius 3 is 2.42 bits per heavy atom. The summed E-state index contributed by atoms with van der Waals surface area (Å²) in [4.78, 5) is 10.7. The van der Waals surface area contributed by atoms with Crippen LogP contribution in [0.3, 0.4) is 0 Å². The topological polar surface area (TPSA) is 60.4 Å². The monoisotopic (exact) mass is 190 g/mol. The summed E-state index contributed by atoms with van der Waals surface area (Å²) in [6.45, 7) is 2.86. The predicted molar refractivity (Wildman–Crippen MR) is 43.1 cm³/mol. The molecule has 0 atom stereocenters. The number of ketones is 1. The first-order chi connectivity index (χ1) is 5.45. The molecule has 1 aliphatic heterocycles. The first-order valence-corrected chi connectivity index (χ1v) is 5.18. The molecule has 12 heavy (non-hydrogen) atoms. The fourth-order valence-corrected chi connectivity index (χ4v) is 2.60. The molecular formula is C7H10O4S. The molecule has 0 fully saturated rings. The second-order valence-electron chi connectivity index (χ2n) is 2.61. The number of carbonyl (C=O) groups excluding carboxylic acids is 1. The van der Waals surface area contributed by atoms with Gasteiger partial charge in [-0.1, -0.05) is 0 Å². The van der Waals surface area contributed by atoms with E-state index in [1.54, 1.807) is 0 Å². The van der Waals surface area contributed by atoms with Crippen molar-refractivity contribution in [1.82, 2.24) is 0 Å². The van der Waals surface area contributed by atoms with E-state index in [9.17, 15) is 13.2 Å². The van der Waals surface area contributed by atoms with E-state index in [0.717, 1.165) is 0 Å². The van der Waals surface area contributed by atoms with Crippen LogP contribution < -0.4 is 0 Å². The van der Waals surface area contributed by atoms with Gasteiger partial charge in [0.25, 0.3) is 0 Å². The Morgan fingerprint density at radius 1 is 1.50 bits per heavy atom. The Morgan fingerprint density at radius 2 is 2.08 bits per heavy atom. The maximum Gasteiger partial charge on any atom is 0.188 e. The molecule has 1 heterocycles. The van der Waals surface area contributed by atoms with Gasteiger partial charge in [-0.15, -0.1) is 0 Å². The van der Waals surface area contributed by atoms with E-state index in [1.165, 1.54) is 13.8 Å². The van der Waals surface area contributed by atoms with E-state index in [2.05, 4.69) is 0 Å². The van der Waals surface area contributed by atoms with Crippen molar-refractivity contribution in [3.63, 3.8) is 0 Å². The van der Waals surface area contributed by atoms with E-state index in [4.69, 9.17) is 4.74 Å². The maximum absolute atomic E-state index is 11.3. The molecule has 0 saturated carbocycles. The van der Waals surface area contributed by atoms with Crippen molar-refractivity contribution in [2.75, 3.05) is 12.4 Å². The normalized spacial score (nSPS) is 21.8. The molecule has 0 aromatic carbocycles. The first-order valence-electron chi connectivity index (χ1n) is 3.52. The Labute approximate surface area is 71.1 Å². The molecule has 1 rings (SSSR count). The van der Waals surface area contributed by atoms with Crippen molar-refractivity contribution < 1.29 is 17.9 Å². The standard InChI is InChI=1S/C7H10O4S/c1-5(8)7-6(2)11-3-4-12(7,9)10/h3-4H2,1-2H3. The van der Waals surface area contributed by atoms with E-state index < -0.39 is 15.6 Å². The van der Waals surface area contributed by atoms with Crippen LogP contribution in [0.1, 0.15) is 13.8 Å². The Bertz CT molecular complexity index is 336. The number of carbonyl (C=O) groups is 1. The molecule has 5 heteroatoms.